The maximum Gasteiger partial charge on any atom is 0.260 e. The van der Waals surface area contributed by atoms with E-state index in [2.05, 4.69) is 0 Å². The largest absolute Gasteiger partial charge is 0.398 e. The molecule has 0 bridgehead atoms. The van der Waals surface area contributed by atoms with Crippen molar-refractivity contribution in [1.29, 1.82) is 5.26 Å². The molecule has 4 rings (SSSR count). The van der Waals surface area contributed by atoms with E-state index in [4.69, 9.17) is 5.73 Å². The van der Waals surface area contributed by atoms with Crippen molar-refractivity contribution in [2.75, 3.05) is 54.5 Å². The maximum atomic E-state index is 13.7. The number of carbonyl (C=O) groups excluding carboxylic acids is 2. The molecular formula is C27H26FN5O4S. The van der Waals surface area contributed by atoms with Crippen molar-refractivity contribution in [3.8, 4) is 6.07 Å². The number of carbonyl (C=O) groups is 2. The third kappa shape index (κ3) is 5.76. The Labute approximate surface area is 220 Å². The van der Waals surface area contributed by atoms with Gasteiger partial charge in [0.05, 0.1) is 27.8 Å². The summed E-state index contributed by atoms with van der Waals surface area (Å²) >= 11 is 0. The van der Waals surface area contributed by atoms with E-state index < -0.39 is 21.6 Å². The van der Waals surface area contributed by atoms with Crippen LogP contribution in [0.2, 0.25) is 0 Å². The second-order valence-corrected chi connectivity index (χ2v) is 10.9. The Bertz CT molecular complexity index is 1510. The minimum atomic E-state index is -3.66. The van der Waals surface area contributed by atoms with E-state index in [1.165, 1.54) is 35.2 Å². The highest BCUT2D eigenvalue weighted by atomic mass is 32.2. The highest BCUT2D eigenvalue weighted by Gasteiger charge is 2.29. The molecule has 1 fully saturated rings. The number of rotatable bonds is 6. The first-order valence-corrected chi connectivity index (χ1v) is 13.7. The van der Waals surface area contributed by atoms with E-state index >= 15 is 0 Å². The van der Waals surface area contributed by atoms with Crippen molar-refractivity contribution in [3.63, 3.8) is 0 Å². The summed E-state index contributed by atoms with van der Waals surface area (Å²) < 4.78 is 38.1. The molecule has 2 amide bonds. The van der Waals surface area contributed by atoms with Gasteiger partial charge in [-0.05, 0) is 48.5 Å². The summed E-state index contributed by atoms with van der Waals surface area (Å²) in [5, 5.41) is 9.25. The second kappa shape index (κ2) is 10.9. The average molecular weight is 536 g/mol. The lowest BCUT2D eigenvalue weighted by Crippen LogP contribution is -2.52. The number of halogens is 1. The number of piperazine rings is 1. The van der Waals surface area contributed by atoms with Gasteiger partial charge in [-0.25, -0.2) is 12.8 Å². The SMILES string of the molecule is CS(=O)(=O)c1cc(F)ccc1N1CCN(C(=O)CN(C(=O)c2cc(C#N)ccc2N)c2ccccc2)CC1. The number of anilines is 3. The lowest BCUT2D eigenvalue weighted by atomic mass is 10.1. The second-order valence-electron chi connectivity index (χ2n) is 8.89. The molecule has 0 saturated carbocycles. The molecule has 0 atom stereocenters. The molecule has 0 unspecified atom stereocenters. The standard InChI is InChI=1S/C27H26FN5O4S/c1-38(36,37)25-16-20(28)8-10-24(25)31-11-13-32(14-12-31)26(34)18-33(21-5-3-2-4-6-21)27(35)22-15-19(17-29)7-9-23(22)30/h2-10,15-16H,11-14,18,30H2,1H3. The van der Waals surface area contributed by atoms with Crippen molar-refractivity contribution < 1.29 is 22.4 Å². The first-order chi connectivity index (χ1) is 18.1. The fourth-order valence-electron chi connectivity index (χ4n) is 4.32. The quantitative estimate of drug-likeness (QED) is 0.481. The number of amides is 2. The van der Waals surface area contributed by atoms with Gasteiger partial charge in [0, 0.05) is 43.8 Å². The van der Waals surface area contributed by atoms with E-state index in [1.54, 1.807) is 40.1 Å². The van der Waals surface area contributed by atoms with Gasteiger partial charge in [0.2, 0.25) is 5.91 Å². The smallest absolute Gasteiger partial charge is 0.260 e. The Balaban J connectivity index is 1.53. The van der Waals surface area contributed by atoms with Crippen LogP contribution in [0, 0.1) is 17.1 Å². The van der Waals surface area contributed by atoms with Gasteiger partial charge in [-0.3, -0.25) is 14.5 Å². The molecule has 196 valence electrons. The molecular weight excluding hydrogens is 509 g/mol. The summed E-state index contributed by atoms with van der Waals surface area (Å²) in [6, 6.07) is 18.7. The van der Waals surface area contributed by atoms with Gasteiger partial charge in [-0.2, -0.15) is 5.26 Å². The molecule has 11 heteroatoms. The molecule has 1 aliphatic rings. The fourth-order valence-corrected chi connectivity index (χ4v) is 5.23. The van der Waals surface area contributed by atoms with Crippen LogP contribution in [0.15, 0.2) is 71.6 Å². The van der Waals surface area contributed by atoms with Crippen LogP contribution < -0.4 is 15.5 Å². The van der Waals surface area contributed by atoms with Crippen molar-refractivity contribution in [1.82, 2.24) is 4.90 Å². The Morgan fingerprint density at radius 3 is 2.34 bits per heavy atom. The minimum absolute atomic E-state index is 0.102. The third-order valence-electron chi connectivity index (χ3n) is 6.31. The van der Waals surface area contributed by atoms with Crippen molar-refractivity contribution >= 4 is 38.7 Å². The molecule has 0 aliphatic carbocycles. The van der Waals surface area contributed by atoms with Gasteiger partial charge in [0.25, 0.3) is 5.91 Å². The summed E-state index contributed by atoms with van der Waals surface area (Å²) in [5.74, 6) is -1.46. The van der Waals surface area contributed by atoms with Crippen LogP contribution in [-0.2, 0) is 14.6 Å². The number of hydrogen-bond acceptors (Lipinski definition) is 7. The zero-order chi connectivity index (χ0) is 27.4. The van der Waals surface area contributed by atoms with Crippen molar-refractivity contribution in [3.05, 3.63) is 83.7 Å². The van der Waals surface area contributed by atoms with Gasteiger partial charge >= 0.3 is 0 Å². The Morgan fingerprint density at radius 2 is 1.71 bits per heavy atom. The van der Waals surface area contributed by atoms with Crippen molar-refractivity contribution in [2.45, 2.75) is 4.90 Å². The summed E-state index contributed by atoms with van der Waals surface area (Å²) in [7, 11) is -3.66. The fraction of sp³-hybridized carbons (Fsp3) is 0.222. The molecule has 0 aromatic heterocycles. The monoisotopic (exact) mass is 535 g/mol. The van der Waals surface area contributed by atoms with E-state index in [0.29, 0.717) is 24.5 Å². The Morgan fingerprint density at radius 1 is 1.03 bits per heavy atom. The number of nitriles is 1. The summed E-state index contributed by atoms with van der Waals surface area (Å²) in [6.07, 6.45) is 1.03. The molecule has 38 heavy (non-hydrogen) atoms. The van der Waals surface area contributed by atoms with Gasteiger partial charge in [0.15, 0.2) is 9.84 Å². The topological polar surface area (TPSA) is 128 Å². The highest BCUT2D eigenvalue weighted by Crippen LogP contribution is 2.28. The minimum Gasteiger partial charge on any atom is -0.398 e. The number of para-hydroxylation sites is 1. The first kappa shape index (κ1) is 26.6. The van der Waals surface area contributed by atoms with Gasteiger partial charge in [0.1, 0.15) is 12.4 Å². The molecule has 1 heterocycles. The van der Waals surface area contributed by atoms with E-state index in [-0.39, 0.29) is 47.3 Å². The van der Waals surface area contributed by atoms with Gasteiger partial charge < -0.3 is 15.5 Å². The number of nitrogens with two attached hydrogens (primary N) is 1. The normalized spacial score (nSPS) is 13.6. The van der Waals surface area contributed by atoms with E-state index in [0.717, 1.165) is 12.3 Å². The lowest BCUT2D eigenvalue weighted by Gasteiger charge is -2.37. The van der Waals surface area contributed by atoms with Crippen LogP contribution in [-0.4, -0.2) is 64.1 Å². The molecule has 9 nitrogen and oxygen atoms in total. The number of benzene rings is 3. The molecule has 0 spiro atoms. The zero-order valence-corrected chi connectivity index (χ0v) is 21.5. The zero-order valence-electron chi connectivity index (χ0n) is 20.7. The predicted molar refractivity (Wildman–Crippen MR) is 142 cm³/mol. The molecule has 3 aromatic rings. The molecule has 0 radical (unpaired) electrons. The summed E-state index contributed by atoms with van der Waals surface area (Å²) in [5.41, 5.74) is 7.50. The number of nitrogens with zero attached hydrogens (tertiary/aromatic N) is 4. The average Bonchev–Trinajstić information content (AvgIpc) is 2.91. The molecule has 3 aromatic carbocycles. The predicted octanol–water partition coefficient (Wildman–Crippen LogP) is 2.68. The summed E-state index contributed by atoms with van der Waals surface area (Å²) in [6.45, 7) is 0.960. The lowest BCUT2D eigenvalue weighted by molar-refractivity contribution is -0.129. The Hall–Kier alpha value is -4.43. The number of sulfone groups is 1. The highest BCUT2D eigenvalue weighted by molar-refractivity contribution is 7.90. The molecule has 1 aliphatic heterocycles. The third-order valence-corrected chi connectivity index (χ3v) is 7.44. The number of nitrogen functional groups attached to an aromatic ring is 1. The van der Waals surface area contributed by atoms with Crippen LogP contribution in [0.4, 0.5) is 21.5 Å². The first-order valence-electron chi connectivity index (χ1n) is 11.8. The van der Waals surface area contributed by atoms with Crippen LogP contribution >= 0.6 is 0 Å². The van der Waals surface area contributed by atoms with E-state index in [1.807, 2.05) is 6.07 Å². The molecule has 2 N–H and O–H groups in total. The summed E-state index contributed by atoms with van der Waals surface area (Å²) in [4.78, 5) is 31.5. The van der Waals surface area contributed by atoms with Crippen molar-refractivity contribution in [2.24, 2.45) is 0 Å². The molecule has 1 saturated heterocycles. The Kier molecular flexibility index (Phi) is 7.64. The maximum absolute atomic E-state index is 13.7. The van der Waals surface area contributed by atoms with Gasteiger partial charge in [-0.15, -0.1) is 0 Å². The van der Waals surface area contributed by atoms with E-state index in [9.17, 15) is 27.7 Å². The van der Waals surface area contributed by atoms with Crippen LogP contribution in [0.25, 0.3) is 0 Å². The van der Waals surface area contributed by atoms with Crippen LogP contribution in [0.1, 0.15) is 15.9 Å². The van der Waals surface area contributed by atoms with Crippen LogP contribution in [0.3, 0.4) is 0 Å². The van der Waals surface area contributed by atoms with Gasteiger partial charge in [-0.1, -0.05) is 18.2 Å². The van der Waals surface area contributed by atoms with Crippen LogP contribution in [0.5, 0.6) is 0 Å². The number of hydrogen-bond donors (Lipinski definition) is 1.